The summed E-state index contributed by atoms with van der Waals surface area (Å²) in [5, 5.41) is 0. The van der Waals surface area contributed by atoms with E-state index in [1.165, 1.54) is 0 Å². The van der Waals surface area contributed by atoms with Crippen LogP contribution in [0.15, 0.2) is 18.5 Å². The number of morpholine rings is 1. The average molecular weight is 348 g/mol. The third-order valence-electron chi connectivity index (χ3n) is 4.88. The Bertz CT molecular complexity index is 597. The highest BCUT2D eigenvalue weighted by molar-refractivity contribution is 5.82. The molecule has 9 nitrogen and oxygen atoms in total. The number of anilines is 1. The van der Waals surface area contributed by atoms with Crippen molar-refractivity contribution < 1.29 is 14.3 Å². The number of nitrogens with one attached hydrogen (secondary N) is 2. The molecule has 1 amide bonds. The Balaban J connectivity index is 1.49. The first kappa shape index (κ1) is 16.6. The summed E-state index contributed by atoms with van der Waals surface area (Å²) in [4.78, 5) is 25.4. The average Bonchev–Trinajstić information content (AvgIpc) is 3.12. The molecular weight excluding hydrogens is 324 g/mol. The second kappa shape index (κ2) is 7.20. The fraction of sp³-hybridized carbons (Fsp3) is 0.688. The highest BCUT2D eigenvalue weighted by Gasteiger charge is 2.43. The van der Waals surface area contributed by atoms with Gasteiger partial charge in [0.15, 0.2) is 0 Å². The van der Waals surface area contributed by atoms with Crippen LogP contribution in [0.25, 0.3) is 0 Å². The molecule has 4 heterocycles. The first-order valence-electron chi connectivity index (χ1n) is 8.77. The maximum Gasteiger partial charge on any atom is 0.241 e. The van der Waals surface area contributed by atoms with E-state index >= 15 is 0 Å². The second-order valence-electron chi connectivity index (χ2n) is 6.73. The summed E-state index contributed by atoms with van der Waals surface area (Å²) in [5.41, 5.74) is 5.53. The molecule has 1 aromatic rings. The summed E-state index contributed by atoms with van der Waals surface area (Å²) >= 11 is 0. The smallest absolute Gasteiger partial charge is 0.241 e. The van der Waals surface area contributed by atoms with E-state index in [2.05, 4.69) is 25.7 Å². The molecule has 0 saturated carbocycles. The molecule has 25 heavy (non-hydrogen) atoms. The maximum absolute atomic E-state index is 12.8. The minimum atomic E-state index is -0.546. The topological polar surface area (TPSA) is 91.9 Å². The molecule has 136 valence electrons. The molecule has 2 N–H and O–H groups in total. The fourth-order valence-electron chi connectivity index (χ4n) is 3.64. The molecule has 3 aliphatic rings. The normalized spacial score (nSPS) is 30.5. The van der Waals surface area contributed by atoms with Gasteiger partial charge in [-0.3, -0.25) is 10.2 Å². The molecule has 2 unspecified atom stereocenters. The van der Waals surface area contributed by atoms with Gasteiger partial charge in [0, 0.05) is 32.0 Å². The number of carbonyl (C=O) groups is 1. The highest BCUT2D eigenvalue weighted by Crippen LogP contribution is 2.25. The second-order valence-corrected chi connectivity index (χ2v) is 6.73. The Labute approximate surface area is 146 Å². The minimum Gasteiger partial charge on any atom is -0.376 e. The lowest BCUT2D eigenvalue weighted by Gasteiger charge is -2.43. The Morgan fingerprint density at radius 2 is 2.12 bits per heavy atom. The molecule has 4 rings (SSSR count). The standard InChI is InChI=1S/C16H24N6O3/c23-14(13-2-5-19-20-13)21-7-9-25-16(10-21)11-22(6-8-24-12-16)15-17-3-1-4-18-15/h1,3-4,13,19-20H,2,5-12H2. The van der Waals surface area contributed by atoms with Crippen molar-refractivity contribution in [1.29, 1.82) is 0 Å². The molecular formula is C16H24N6O3. The zero-order valence-corrected chi connectivity index (χ0v) is 14.2. The van der Waals surface area contributed by atoms with Crippen molar-refractivity contribution in [3.63, 3.8) is 0 Å². The van der Waals surface area contributed by atoms with E-state index in [1.54, 1.807) is 18.5 Å². The van der Waals surface area contributed by atoms with Gasteiger partial charge >= 0.3 is 0 Å². The number of aromatic nitrogens is 2. The van der Waals surface area contributed by atoms with Crippen LogP contribution in [0.4, 0.5) is 5.95 Å². The van der Waals surface area contributed by atoms with Crippen molar-refractivity contribution in [3.8, 4) is 0 Å². The van der Waals surface area contributed by atoms with Gasteiger partial charge in [0.2, 0.25) is 11.9 Å². The third kappa shape index (κ3) is 3.59. The van der Waals surface area contributed by atoms with Crippen molar-refractivity contribution >= 4 is 11.9 Å². The van der Waals surface area contributed by atoms with E-state index in [1.807, 2.05) is 4.90 Å². The van der Waals surface area contributed by atoms with Crippen LogP contribution in [0.2, 0.25) is 0 Å². The van der Waals surface area contributed by atoms with Crippen molar-refractivity contribution in [2.24, 2.45) is 0 Å². The summed E-state index contributed by atoms with van der Waals surface area (Å²) in [5.74, 6) is 0.792. The van der Waals surface area contributed by atoms with Gasteiger partial charge in [-0.1, -0.05) is 0 Å². The minimum absolute atomic E-state index is 0.124. The van der Waals surface area contributed by atoms with E-state index in [-0.39, 0.29) is 11.9 Å². The van der Waals surface area contributed by atoms with Crippen molar-refractivity contribution in [2.75, 3.05) is 57.4 Å². The lowest BCUT2D eigenvalue weighted by atomic mass is 10.0. The monoisotopic (exact) mass is 348 g/mol. The van der Waals surface area contributed by atoms with Crippen LogP contribution < -0.4 is 15.8 Å². The van der Waals surface area contributed by atoms with Gasteiger partial charge in [-0.15, -0.1) is 0 Å². The van der Waals surface area contributed by atoms with Crippen LogP contribution in [-0.2, 0) is 14.3 Å². The van der Waals surface area contributed by atoms with Gasteiger partial charge in [0.1, 0.15) is 11.6 Å². The molecule has 1 spiro atoms. The van der Waals surface area contributed by atoms with E-state index in [0.29, 0.717) is 51.9 Å². The van der Waals surface area contributed by atoms with Crippen LogP contribution in [0, 0.1) is 0 Å². The molecule has 1 aromatic heterocycles. The summed E-state index contributed by atoms with van der Waals surface area (Å²) < 4.78 is 11.9. The molecule has 0 aliphatic carbocycles. The van der Waals surface area contributed by atoms with E-state index in [9.17, 15) is 4.79 Å². The number of rotatable bonds is 2. The maximum atomic E-state index is 12.8. The first-order chi connectivity index (χ1) is 12.3. The SMILES string of the molecule is O=C(C1CCNN1)N1CCOC2(COCCN(c3ncccn3)C2)C1. The van der Waals surface area contributed by atoms with Gasteiger partial charge in [0.05, 0.1) is 32.9 Å². The number of ether oxygens (including phenoxy) is 2. The molecule has 0 radical (unpaired) electrons. The number of nitrogens with zero attached hydrogens (tertiary/aromatic N) is 4. The molecule has 9 heteroatoms. The van der Waals surface area contributed by atoms with Gasteiger partial charge < -0.3 is 19.3 Å². The first-order valence-corrected chi connectivity index (χ1v) is 8.77. The van der Waals surface area contributed by atoms with Gasteiger partial charge in [-0.25, -0.2) is 15.4 Å². The van der Waals surface area contributed by atoms with Crippen LogP contribution in [0.5, 0.6) is 0 Å². The predicted octanol–water partition coefficient (Wildman–Crippen LogP) is -1.22. The van der Waals surface area contributed by atoms with Crippen LogP contribution >= 0.6 is 0 Å². The fourth-order valence-corrected chi connectivity index (χ4v) is 3.64. The molecule has 3 aliphatic heterocycles. The molecule has 3 saturated heterocycles. The summed E-state index contributed by atoms with van der Waals surface area (Å²) in [7, 11) is 0. The molecule has 0 bridgehead atoms. The van der Waals surface area contributed by atoms with Crippen molar-refractivity contribution in [3.05, 3.63) is 18.5 Å². The number of hydrazine groups is 1. The Hall–Kier alpha value is -1.81. The predicted molar refractivity (Wildman–Crippen MR) is 89.9 cm³/mol. The lowest BCUT2D eigenvalue weighted by molar-refractivity contribution is -0.159. The molecule has 0 aromatic carbocycles. The van der Waals surface area contributed by atoms with E-state index in [4.69, 9.17) is 9.47 Å². The highest BCUT2D eigenvalue weighted by atomic mass is 16.5. The summed E-state index contributed by atoms with van der Waals surface area (Å²) in [6.45, 7) is 4.83. The Kier molecular flexibility index (Phi) is 4.80. The van der Waals surface area contributed by atoms with Gasteiger partial charge in [-0.2, -0.15) is 0 Å². The third-order valence-corrected chi connectivity index (χ3v) is 4.88. The summed E-state index contributed by atoms with van der Waals surface area (Å²) in [6, 6.07) is 1.64. The summed E-state index contributed by atoms with van der Waals surface area (Å²) in [6.07, 6.45) is 4.28. The molecule has 2 atom stereocenters. The van der Waals surface area contributed by atoms with E-state index < -0.39 is 5.60 Å². The van der Waals surface area contributed by atoms with Crippen LogP contribution in [0.1, 0.15) is 6.42 Å². The van der Waals surface area contributed by atoms with Gasteiger partial charge in [-0.05, 0) is 12.5 Å². The number of hydrogen-bond donors (Lipinski definition) is 2. The number of hydrogen-bond acceptors (Lipinski definition) is 8. The largest absolute Gasteiger partial charge is 0.376 e. The quantitative estimate of drug-likeness (QED) is 0.687. The van der Waals surface area contributed by atoms with Crippen LogP contribution in [0.3, 0.4) is 0 Å². The molecule has 3 fully saturated rings. The van der Waals surface area contributed by atoms with E-state index in [0.717, 1.165) is 13.0 Å². The zero-order chi connectivity index (χ0) is 17.1. The zero-order valence-electron chi connectivity index (χ0n) is 14.2. The Morgan fingerprint density at radius 3 is 2.92 bits per heavy atom. The van der Waals surface area contributed by atoms with Gasteiger partial charge in [0.25, 0.3) is 0 Å². The number of carbonyl (C=O) groups excluding carboxylic acids is 1. The Morgan fingerprint density at radius 1 is 1.24 bits per heavy atom. The van der Waals surface area contributed by atoms with Crippen molar-refractivity contribution in [1.82, 2.24) is 25.7 Å². The van der Waals surface area contributed by atoms with Crippen LogP contribution in [-0.4, -0.2) is 85.0 Å². The number of amides is 1. The lowest BCUT2D eigenvalue weighted by Crippen LogP contribution is -2.62. The van der Waals surface area contributed by atoms with Crippen molar-refractivity contribution in [2.45, 2.75) is 18.1 Å².